The number of halogens is 3. The van der Waals surface area contributed by atoms with Crippen LogP contribution in [0.3, 0.4) is 0 Å². The number of carbonyl (C=O) groups is 2. The fourth-order valence-electron chi connectivity index (χ4n) is 3.47. The zero-order valence-corrected chi connectivity index (χ0v) is 21.9. The normalized spacial score (nSPS) is 11.0. The van der Waals surface area contributed by atoms with Gasteiger partial charge in [-0.3, -0.25) is 9.59 Å². The van der Waals surface area contributed by atoms with E-state index in [1.807, 2.05) is 6.07 Å². The van der Waals surface area contributed by atoms with Crippen molar-refractivity contribution in [3.63, 3.8) is 0 Å². The van der Waals surface area contributed by atoms with Crippen molar-refractivity contribution in [1.29, 1.82) is 0 Å². The Labute approximate surface area is 205 Å². The Bertz CT molecular complexity index is 1230. The van der Waals surface area contributed by atoms with Gasteiger partial charge in [-0.2, -0.15) is 0 Å². The van der Waals surface area contributed by atoms with Crippen LogP contribution in [0.5, 0.6) is 0 Å². The van der Waals surface area contributed by atoms with Crippen LogP contribution in [0.2, 0.25) is 5.02 Å². The second-order valence-electron chi connectivity index (χ2n) is 7.17. The number of fused-ring (bicyclic) bond motifs is 3. The van der Waals surface area contributed by atoms with E-state index < -0.39 is 0 Å². The van der Waals surface area contributed by atoms with Crippen LogP contribution in [-0.2, 0) is 6.54 Å². The van der Waals surface area contributed by atoms with E-state index in [1.165, 1.54) is 27.4 Å². The largest absolute Gasteiger partial charge is 0.298 e. The third-order valence-electron chi connectivity index (χ3n) is 4.72. The van der Waals surface area contributed by atoms with Crippen LogP contribution in [-0.4, -0.2) is 39.3 Å². The van der Waals surface area contributed by atoms with Gasteiger partial charge in [0, 0.05) is 11.1 Å². The van der Waals surface area contributed by atoms with Crippen LogP contribution in [0.25, 0.3) is 21.8 Å². The fourth-order valence-corrected chi connectivity index (χ4v) is 6.14. The van der Waals surface area contributed by atoms with E-state index in [4.69, 9.17) is 11.6 Å². The maximum atomic E-state index is 10.2. The monoisotopic (exact) mass is 611 g/mol. The molecular weight excluding hydrogens is 591 g/mol. The first-order valence-electron chi connectivity index (χ1n) is 9.46. The molecule has 0 atom stereocenters. The Kier molecular flexibility index (Phi) is 8.27. The molecule has 0 N–H and O–H groups in total. The van der Waals surface area contributed by atoms with Gasteiger partial charge >= 0.3 is 149 Å². The van der Waals surface area contributed by atoms with E-state index in [-0.39, 0.29) is 21.5 Å². The van der Waals surface area contributed by atoms with Gasteiger partial charge in [0.25, 0.3) is 0 Å². The van der Waals surface area contributed by atoms with Gasteiger partial charge in [0.15, 0.2) is 12.6 Å². The zero-order chi connectivity index (χ0) is 22.5. The Morgan fingerprint density at radius 2 is 1.65 bits per heavy atom. The van der Waals surface area contributed by atoms with E-state index in [9.17, 15) is 9.59 Å². The molecule has 4 rings (SSSR count). The van der Waals surface area contributed by atoms with Gasteiger partial charge in [-0.05, 0) is 0 Å². The molecule has 0 aliphatic heterocycles. The predicted molar refractivity (Wildman–Crippen MR) is 128 cm³/mol. The fraction of sp³-hybridized carbons (Fsp3) is 0.167. The average molecular weight is 613 g/mol. The topological polar surface area (TPSA) is 42.3 Å². The molecule has 1 aromatic heterocycles. The van der Waals surface area contributed by atoms with Crippen molar-refractivity contribution in [3.8, 4) is 0 Å². The van der Waals surface area contributed by atoms with Crippen molar-refractivity contribution in [2.24, 2.45) is 0 Å². The van der Waals surface area contributed by atoms with Crippen molar-refractivity contribution in [2.45, 2.75) is 6.54 Å². The molecular formula is C24H22BrClIN2O2-. The molecule has 4 aromatic rings. The molecule has 0 spiro atoms. The second-order valence-corrected chi connectivity index (χ2v) is 10.5. The molecule has 1 heterocycles. The Morgan fingerprint density at radius 1 is 1.00 bits per heavy atom. The van der Waals surface area contributed by atoms with Gasteiger partial charge < -0.3 is 0 Å². The first-order chi connectivity index (χ1) is 14.9. The third-order valence-corrected chi connectivity index (χ3v) is 7.38. The summed E-state index contributed by atoms with van der Waals surface area (Å²) in [7, 11) is 4.22. The molecule has 0 amide bonds. The number of alkyl halides is 1. The van der Waals surface area contributed by atoms with Gasteiger partial charge in [-0.15, -0.1) is 0 Å². The van der Waals surface area contributed by atoms with Gasteiger partial charge in [-0.25, -0.2) is 0 Å². The van der Waals surface area contributed by atoms with Crippen molar-refractivity contribution in [1.82, 2.24) is 7.68 Å². The minimum Gasteiger partial charge on any atom is -0.298 e. The summed E-state index contributed by atoms with van der Waals surface area (Å²) in [6.07, 6.45) is 1.34. The molecule has 0 fully saturated rings. The molecule has 0 unspecified atom stereocenters. The summed E-state index contributed by atoms with van der Waals surface area (Å²) in [5.74, 6) is 0. The van der Waals surface area contributed by atoms with Crippen LogP contribution in [0.1, 0.15) is 26.3 Å². The van der Waals surface area contributed by atoms with Gasteiger partial charge in [0.05, 0.1) is 0 Å². The maximum absolute atomic E-state index is 10.2. The van der Waals surface area contributed by atoms with E-state index in [0.717, 1.165) is 16.0 Å². The summed E-state index contributed by atoms with van der Waals surface area (Å²) < 4.78 is 3.62. The second kappa shape index (κ2) is 10.7. The molecule has 31 heavy (non-hydrogen) atoms. The Morgan fingerprint density at radius 3 is 2.19 bits per heavy atom. The molecule has 7 heteroatoms. The Hall–Kier alpha value is -1.74. The molecule has 3 aromatic carbocycles. The molecule has 0 saturated carbocycles. The smallest absolute Gasteiger partial charge is 0.150 e. The van der Waals surface area contributed by atoms with E-state index in [1.54, 1.807) is 24.3 Å². The molecule has 0 radical (unpaired) electrons. The van der Waals surface area contributed by atoms with Crippen molar-refractivity contribution in [3.05, 3.63) is 80.8 Å². The number of aromatic nitrogens is 1. The van der Waals surface area contributed by atoms with Gasteiger partial charge in [0.2, 0.25) is 0 Å². The van der Waals surface area contributed by atoms with E-state index in [2.05, 4.69) is 66.9 Å². The summed E-state index contributed by atoms with van der Waals surface area (Å²) in [6, 6.07) is 17.3. The number of rotatable bonds is 5. The van der Waals surface area contributed by atoms with Crippen LogP contribution in [0.15, 0.2) is 59.1 Å². The van der Waals surface area contributed by atoms with Gasteiger partial charge in [0.1, 0.15) is 0 Å². The quantitative estimate of drug-likeness (QED) is 0.198. The predicted octanol–water partition coefficient (Wildman–Crippen LogP) is 3.07. The maximum Gasteiger partial charge on any atom is 0.150 e. The summed E-state index contributed by atoms with van der Waals surface area (Å²) >= 11 is 9.79. The van der Waals surface area contributed by atoms with E-state index in [0.29, 0.717) is 23.7 Å². The molecule has 0 saturated heterocycles. The molecule has 0 aliphatic carbocycles. The van der Waals surface area contributed by atoms with Gasteiger partial charge in [-0.1, -0.05) is 24.3 Å². The minimum absolute atomic E-state index is 0.0803. The minimum atomic E-state index is -0.0803. The number of aldehydes is 2. The third kappa shape index (κ3) is 5.37. The van der Waals surface area contributed by atoms with Crippen molar-refractivity contribution < 1.29 is 31.1 Å². The van der Waals surface area contributed by atoms with Crippen molar-refractivity contribution in [2.75, 3.05) is 19.0 Å². The SMILES string of the molecule is C[I-]n1c2ccc(Cl)cc2c2cc(Br)cc(CN(C)C)c21.O=Cc1ccccc1C=O. The summed E-state index contributed by atoms with van der Waals surface area (Å²) in [6.45, 7) is 0.934. The number of hydrogen-bond acceptors (Lipinski definition) is 3. The number of benzene rings is 3. The van der Waals surface area contributed by atoms with Crippen LogP contribution >= 0.6 is 27.5 Å². The van der Waals surface area contributed by atoms with Crippen molar-refractivity contribution >= 4 is 61.9 Å². The molecule has 4 nitrogen and oxygen atoms in total. The summed E-state index contributed by atoms with van der Waals surface area (Å²) in [5.41, 5.74) is 4.90. The number of carbonyl (C=O) groups excluding carboxylic acids is 2. The van der Waals surface area contributed by atoms with Crippen LogP contribution < -0.4 is 21.5 Å². The first kappa shape index (κ1) is 23.9. The first-order valence-corrected chi connectivity index (χ1v) is 13.7. The zero-order valence-electron chi connectivity index (χ0n) is 17.4. The molecule has 0 bridgehead atoms. The summed E-state index contributed by atoms with van der Waals surface area (Å²) in [4.78, 5) is 25.0. The van der Waals surface area contributed by atoms with E-state index >= 15 is 0 Å². The van der Waals surface area contributed by atoms with Crippen LogP contribution in [0, 0.1) is 0 Å². The standard InChI is InChI=1S/C16H16BrClIN2.C8H6O2/c1-19-21-15-5-4-12(18)8-13(15)14-7-11(17)6-10(16(14)21)9-20(2)3;9-5-7-3-1-2-4-8(7)6-10/h4-8H,9H2,1-3H3;1-6H/q-1;. The number of nitrogens with zero attached hydrogens (tertiary/aromatic N) is 2. The van der Waals surface area contributed by atoms with Crippen LogP contribution in [0.4, 0.5) is 0 Å². The summed E-state index contributed by atoms with van der Waals surface area (Å²) in [5, 5.41) is 3.34. The molecule has 162 valence electrons. The Balaban J connectivity index is 0.000000229. The molecule has 0 aliphatic rings. The average Bonchev–Trinajstić information content (AvgIpc) is 3.06. The number of hydrogen-bond donors (Lipinski definition) is 0.